The highest BCUT2D eigenvalue weighted by molar-refractivity contribution is 5.40. The average molecular weight is 244 g/mol. The molecular weight excluding hydrogens is 228 g/mol. The summed E-state index contributed by atoms with van der Waals surface area (Å²) in [6.07, 6.45) is -0.556. The Bertz CT molecular complexity index is 503. The average Bonchev–Trinajstić information content (AvgIpc) is 2.40. The predicted octanol–water partition coefficient (Wildman–Crippen LogP) is 3.54. The minimum atomic E-state index is -0.556. The van der Waals surface area contributed by atoms with E-state index in [2.05, 4.69) is 0 Å². The van der Waals surface area contributed by atoms with E-state index in [1.165, 1.54) is 0 Å². The van der Waals surface area contributed by atoms with Crippen LogP contribution in [0.4, 0.5) is 0 Å². The first-order valence-corrected chi connectivity index (χ1v) is 5.79. The Morgan fingerprint density at radius 2 is 1.56 bits per heavy atom. The molecule has 0 aliphatic rings. The highest BCUT2D eigenvalue weighted by atomic mass is 16.5. The largest absolute Gasteiger partial charge is 0.497 e. The highest BCUT2D eigenvalue weighted by Gasteiger charge is 2.08. The van der Waals surface area contributed by atoms with Crippen LogP contribution in [0.25, 0.3) is 0 Å². The first-order valence-electron chi connectivity index (χ1n) is 5.79. The SMILES string of the molecule is COc1ccc(Oc2ccccc2[C@@H](C)O)cc1. The zero-order valence-electron chi connectivity index (χ0n) is 10.5. The molecule has 2 rings (SSSR count). The molecular formula is C15H16O3. The Morgan fingerprint density at radius 1 is 0.944 bits per heavy atom. The summed E-state index contributed by atoms with van der Waals surface area (Å²) in [6.45, 7) is 1.72. The number of aliphatic hydroxyl groups excluding tert-OH is 1. The van der Waals surface area contributed by atoms with Crippen molar-refractivity contribution in [1.82, 2.24) is 0 Å². The fourth-order valence-electron chi connectivity index (χ4n) is 1.69. The van der Waals surface area contributed by atoms with Gasteiger partial charge in [0.25, 0.3) is 0 Å². The molecule has 2 aromatic carbocycles. The number of hydrogen-bond acceptors (Lipinski definition) is 3. The fourth-order valence-corrected chi connectivity index (χ4v) is 1.69. The van der Waals surface area contributed by atoms with Crippen molar-refractivity contribution in [1.29, 1.82) is 0 Å². The van der Waals surface area contributed by atoms with E-state index in [1.54, 1.807) is 14.0 Å². The Balaban J connectivity index is 2.22. The number of rotatable bonds is 4. The van der Waals surface area contributed by atoms with Crippen LogP contribution in [0, 0.1) is 0 Å². The Hall–Kier alpha value is -2.00. The van der Waals surface area contributed by atoms with Crippen LogP contribution < -0.4 is 9.47 Å². The molecule has 0 fully saturated rings. The second kappa shape index (κ2) is 5.56. The van der Waals surface area contributed by atoms with Crippen LogP contribution in [0.5, 0.6) is 17.2 Å². The molecule has 94 valence electrons. The first-order chi connectivity index (χ1) is 8.70. The standard InChI is InChI=1S/C15H16O3/c1-11(16)14-5-3-4-6-15(14)18-13-9-7-12(17-2)8-10-13/h3-11,16H,1-2H3/t11-/m1/s1. The van der Waals surface area contributed by atoms with Crippen molar-refractivity contribution in [2.45, 2.75) is 13.0 Å². The summed E-state index contributed by atoms with van der Waals surface area (Å²) < 4.78 is 10.8. The Morgan fingerprint density at radius 3 is 2.17 bits per heavy atom. The summed E-state index contributed by atoms with van der Waals surface area (Å²) >= 11 is 0. The molecule has 0 aromatic heterocycles. The zero-order chi connectivity index (χ0) is 13.0. The van der Waals surface area contributed by atoms with E-state index < -0.39 is 6.10 Å². The van der Waals surface area contributed by atoms with Gasteiger partial charge < -0.3 is 14.6 Å². The van der Waals surface area contributed by atoms with Gasteiger partial charge in [-0.05, 0) is 37.3 Å². The maximum atomic E-state index is 9.66. The summed E-state index contributed by atoms with van der Waals surface area (Å²) in [5, 5.41) is 9.66. The number of aliphatic hydroxyl groups is 1. The molecule has 1 N–H and O–H groups in total. The van der Waals surface area contributed by atoms with Crippen molar-refractivity contribution in [2.75, 3.05) is 7.11 Å². The molecule has 0 heterocycles. The van der Waals surface area contributed by atoms with Crippen molar-refractivity contribution in [3.63, 3.8) is 0 Å². The summed E-state index contributed by atoms with van der Waals surface area (Å²) in [7, 11) is 1.62. The third-order valence-electron chi connectivity index (χ3n) is 2.66. The lowest BCUT2D eigenvalue weighted by molar-refractivity contribution is 0.195. The van der Waals surface area contributed by atoms with E-state index in [9.17, 15) is 5.11 Å². The maximum Gasteiger partial charge on any atom is 0.133 e. The van der Waals surface area contributed by atoms with E-state index in [0.717, 1.165) is 11.3 Å². The molecule has 0 bridgehead atoms. The van der Waals surface area contributed by atoms with Gasteiger partial charge in [0.05, 0.1) is 13.2 Å². The molecule has 0 radical (unpaired) electrons. The third kappa shape index (κ3) is 2.81. The summed E-state index contributed by atoms with van der Waals surface area (Å²) in [6, 6.07) is 14.8. The second-order valence-corrected chi connectivity index (χ2v) is 3.99. The van der Waals surface area contributed by atoms with E-state index >= 15 is 0 Å². The molecule has 1 atom stereocenters. The molecule has 0 amide bonds. The normalized spacial score (nSPS) is 11.9. The zero-order valence-corrected chi connectivity index (χ0v) is 10.5. The molecule has 2 aromatic rings. The number of hydrogen-bond donors (Lipinski definition) is 1. The van der Waals surface area contributed by atoms with Crippen LogP contribution in [0.1, 0.15) is 18.6 Å². The van der Waals surface area contributed by atoms with Crippen LogP contribution >= 0.6 is 0 Å². The van der Waals surface area contributed by atoms with Crippen molar-refractivity contribution < 1.29 is 14.6 Å². The van der Waals surface area contributed by atoms with Crippen LogP contribution in [0.15, 0.2) is 48.5 Å². The van der Waals surface area contributed by atoms with Gasteiger partial charge in [0.15, 0.2) is 0 Å². The number of para-hydroxylation sites is 1. The summed E-state index contributed by atoms with van der Waals surface area (Å²) in [4.78, 5) is 0. The van der Waals surface area contributed by atoms with Gasteiger partial charge in [0.2, 0.25) is 0 Å². The number of methoxy groups -OCH3 is 1. The lowest BCUT2D eigenvalue weighted by atomic mass is 10.1. The van der Waals surface area contributed by atoms with Gasteiger partial charge in [0, 0.05) is 5.56 Å². The Kier molecular flexibility index (Phi) is 3.85. The van der Waals surface area contributed by atoms with Gasteiger partial charge in [-0.2, -0.15) is 0 Å². The second-order valence-electron chi connectivity index (χ2n) is 3.99. The van der Waals surface area contributed by atoms with E-state index in [1.807, 2.05) is 48.5 Å². The smallest absolute Gasteiger partial charge is 0.133 e. The van der Waals surface area contributed by atoms with Crippen LogP contribution in [-0.4, -0.2) is 12.2 Å². The van der Waals surface area contributed by atoms with Gasteiger partial charge in [-0.25, -0.2) is 0 Å². The van der Waals surface area contributed by atoms with Crippen LogP contribution in [0.3, 0.4) is 0 Å². The molecule has 0 saturated carbocycles. The minimum absolute atomic E-state index is 0.556. The first kappa shape index (κ1) is 12.5. The van der Waals surface area contributed by atoms with Crippen molar-refractivity contribution in [3.05, 3.63) is 54.1 Å². The molecule has 18 heavy (non-hydrogen) atoms. The number of ether oxygens (including phenoxy) is 2. The van der Waals surface area contributed by atoms with Gasteiger partial charge in [0.1, 0.15) is 17.2 Å². The number of benzene rings is 2. The lowest BCUT2D eigenvalue weighted by Crippen LogP contribution is -1.95. The highest BCUT2D eigenvalue weighted by Crippen LogP contribution is 2.30. The van der Waals surface area contributed by atoms with Gasteiger partial charge >= 0.3 is 0 Å². The van der Waals surface area contributed by atoms with E-state index in [0.29, 0.717) is 11.5 Å². The van der Waals surface area contributed by atoms with Gasteiger partial charge in [-0.3, -0.25) is 0 Å². The summed E-state index contributed by atoms with van der Waals surface area (Å²) in [5.41, 5.74) is 0.772. The van der Waals surface area contributed by atoms with E-state index in [4.69, 9.17) is 9.47 Å². The minimum Gasteiger partial charge on any atom is -0.497 e. The van der Waals surface area contributed by atoms with E-state index in [-0.39, 0.29) is 0 Å². The quantitative estimate of drug-likeness (QED) is 0.894. The third-order valence-corrected chi connectivity index (χ3v) is 2.66. The summed E-state index contributed by atoms with van der Waals surface area (Å²) in [5.74, 6) is 2.16. The fraction of sp³-hybridized carbons (Fsp3) is 0.200. The lowest BCUT2D eigenvalue weighted by Gasteiger charge is -2.13. The monoisotopic (exact) mass is 244 g/mol. The van der Waals surface area contributed by atoms with Crippen molar-refractivity contribution in [2.24, 2.45) is 0 Å². The topological polar surface area (TPSA) is 38.7 Å². The molecule has 0 aliphatic heterocycles. The van der Waals surface area contributed by atoms with Gasteiger partial charge in [-0.15, -0.1) is 0 Å². The molecule has 3 heteroatoms. The Labute approximate surface area is 107 Å². The molecule has 0 unspecified atom stereocenters. The maximum absolute atomic E-state index is 9.66. The molecule has 0 aliphatic carbocycles. The van der Waals surface area contributed by atoms with Crippen molar-refractivity contribution in [3.8, 4) is 17.2 Å². The predicted molar refractivity (Wildman–Crippen MR) is 70.1 cm³/mol. The molecule has 0 saturated heterocycles. The molecule has 0 spiro atoms. The molecule has 3 nitrogen and oxygen atoms in total. The van der Waals surface area contributed by atoms with Gasteiger partial charge in [-0.1, -0.05) is 18.2 Å². The van der Waals surface area contributed by atoms with Crippen LogP contribution in [0.2, 0.25) is 0 Å². The van der Waals surface area contributed by atoms with Crippen molar-refractivity contribution >= 4 is 0 Å². The van der Waals surface area contributed by atoms with Crippen LogP contribution in [-0.2, 0) is 0 Å².